The molecule has 7 nitrogen and oxygen atoms in total. The number of carbonyl (C=O) groups is 3. The van der Waals surface area contributed by atoms with E-state index >= 15 is 0 Å². The SMILES string of the molecule is O=C(N[C@@H]1CCC[C@H]1O)C(O)=CC(=O)C1CC(Cc2ccc(F)cc2)=CN(Cc2ccccc2F)C1=O. The Labute approximate surface area is 213 Å². The van der Waals surface area contributed by atoms with E-state index in [2.05, 4.69) is 5.32 Å². The van der Waals surface area contributed by atoms with Crippen LogP contribution in [0.25, 0.3) is 0 Å². The Hall–Kier alpha value is -3.85. The predicted octanol–water partition coefficient (Wildman–Crippen LogP) is 3.48. The van der Waals surface area contributed by atoms with E-state index in [0.29, 0.717) is 24.8 Å². The minimum atomic E-state index is -1.24. The van der Waals surface area contributed by atoms with Gasteiger partial charge >= 0.3 is 0 Å². The van der Waals surface area contributed by atoms with Gasteiger partial charge in [0.1, 0.15) is 17.6 Å². The van der Waals surface area contributed by atoms with Crippen LogP contribution in [0.1, 0.15) is 36.8 Å². The Morgan fingerprint density at radius 2 is 1.81 bits per heavy atom. The van der Waals surface area contributed by atoms with Gasteiger partial charge in [-0.15, -0.1) is 0 Å². The van der Waals surface area contributed by atoms with E-state index in [9.17, 15) is 33.4 Å². The van der Waals surface area contributed by atoms with Gasteiger partial charge in [0.15, 0.2) is 11.5 Å². The molecule has 2 aromatic carbocycles. The maximum Gasteiger partial charge on any atom is 0.286 e. The van der Waals surface area contributed by atoms with Crippen LogP contribution < -0.4 is 5.32 Å². The first-order valence-electron chi connectivity index (χ1n) is 12.1. The smallest absolute Gasteiger partial charge is 0.286 e. The number of ketones is 1. The predicted molar refractivity (Wildman–Crippen MR) is 131 cm³/mol. The monoisotopic (exact) mass is 510 g/mol. The van der Waals surface area contributed by atoms with Crippen molar-refractivity contribution in [3.8, 4) is 0 Å². The van der Waals surface area contributed by atoms with E-state index in [1.54, 1.807) is 24.4 Å². The summed E-state index contributed by atoms with van der Waals surface area (Å²) >= 11 is 0. The number of hydrogen-bond donors (Lipinski definition) is 3. The highest BCUT2D eigenvalue weighted by atomic mass is 19.1. The molecule has 2 amide bonds. The number of aliphatic hydroxyl groups excluding tert-OH is 2. The second kappa shape index (κ2) is 11.5. The summed E-state index contributed by atoms with van der Waals surface area (Å²) in [4.78, 5) is 39.9. The van der Waals surface area contributed by atoms with Gasteiger partial charge in [-0.25, -0.2) is 8.78 Å². The van der Waals surface area contributed by atoms with E-state index in [1.807, 2.05) is 0 Å². The summed E-state index contributed by atoms with van der Waals surface area (Å²) in [5.74, 6) is -5.26. The van der Waals surface area contributed by atoms with Gasteiger partial charge in [-0.1, -0.05) is 30.3 Å². The number of nitrogens with one attached hydrogen (secondary N) is 1. The first-order valence-corrected chi connectivity index (χ1v) is 12.1. The first-order chi connectivity index (χ1) is 17.7. The maximum atomic E-state index is 14.3. The molecule has 9 heteroatoms. The van der Waals surface area contributed by atoms with E-state index in [1.165, 1.54) is 35.2 Å². The number of halogens is 2. The molecule has 2 aromatic rings. The molecule has 3 atom stereocenters. The summed E-state index contributed by atoms with van der Waals surface area (Å²) in [7, 11) is 0. The largest absolute Gasteiger partial charge is 0.503 e. The Bertz CT molecular complexity index is 1240. The second-order valence-electron chi connectivity index (χ2n) is 9.42. The van der Waals surface area contributed by atoms with Crippen molar-refractivity contribution >= 4 is 17.6 Å². The van der Waals surface area contributed by atoms with E-state index in [-0.39, 0.29) is 18.5 Å². The van der Waals surface area contributed by atoms with Crippen molar-refractivity contribution in [2.75, 3.05) is 0 Å². The molecular weight excluding hydrogens is 482 g/mol. The fourth-order valence-electron chi connectivity index (χ4n) is 4.68. The van der Waals surface area contributed by atoms with Crippen LogP contribution in [0.15, 0.2) is 72.1 Å². The molecule has 1 heterocycles. The third kappa shape index (κ3) is 6.48. The fourth-order valence-corrected chi connectivity index (χ4v) is 4.68. The topological polar surface area (TPSA) is 107 Å². The van der Waals surface area contributed by atoms with Crippen LogP contribution >= 0.6 is 0 Å². The number of allylic oxidation sites excluding steroid dienone is 2. The standard InChI is InChI=1S/C28H28F2N2O5/c29-20-10-8-17(9-11-20)12-18-13-21(28(37)32(15-18)16-19-4-1-2-5-22(19)30)25(34)14-26(35)27(36)31-23-6-3-7-24(23)33/h1-2,4-5,8-11,14-15,21,23-24,33,35H,3,6-7,12-13,16H2,(H,31,36)/t21?,23-,24-/m1/s1. The number of carbonyl (C=O) groups excluding carboxylic acids is 3. The third-order valence-electron chi connectivity index (χ3n) is 6.68. The lowest BCUT2D eigenvalue weighted by molar-refractivity contribution is -0.139. The van der Waals surface area contributed by atoms with Crippen molar-refractivity contribution in [1.29, 1.82) is 0 Å². The van der Waals surface area contributed by atoms with Crippen LogP contribution in [-0.2, 0) is 27.3 Å². The summed E-state index contributed by atoms with van der Waals surface area (Å²) in [5, 5.41) is 22.6. The third-order valence-corrected chi connectivity index (χ3v) is 6.68. The molecular formula is C28H28F2N2O5. The van der Waals surface area contributed by atoms with Crippen molar-refractivity contribution in [3.63, 3.8) is 0 Å². The minimum absolute atomic E-state index is 0.0234. The molecule has 0 aromatic heterocycles. The van der Waals surface area contributed by atoms with Crippen LogP contribution in [0.2, 0.25) is 0 Å². The highest BCUT2D eigenvalue weighted by Crippen LogP contribution is 2.28. The molecule has 0 radical (unpaired) electrons. The van der Waals surface area contributed by atoms with Crippen molar-refractivity contribution in [1.82, 2.24) is 10.2 Å². The summed E-state index contributed by atoms with van der Waals surface area (Å²) in [6.45, 7) is -0.113. The zero-order chi connectivity index (χ0) is 26.5. The minimum Gasteiger partial charge on any atom is -0.503 e. The molecule has 37 heavy (non-hydrogen) atoms. The lowest BCUT2D eigenvalue weighted by atomic mass is 9.87. The maximum absolute atomic E-state index is 14.3. The first kappa shape index (κ1) is 26.2. The normalized spacial score (nSPS) is 22.1. The lowest BCUT2D eigenvalue weighted by Gasteiger charge is -2.30. The molecule has 3 N–H and O–H groups in total. The van der Waals surface area contributed by atoms with Gasteiger partial charge in [-0.2, -0.15) is 0 Å². The summed E-state index contributed by atoms with van der Waals surface area (Å²) < 4.78 is 27.6. The highest BCUT2D eigenvalue weighted by Gasteiger charge is 2.35. The zero-order valence-corrected chi connectivity index (χ0v) is 20.1. The van der Waals surface area contributed by atoms with Gasteiger partial charge in [0.2, 0.25) is 5.91 Å². The summed E-state index contributed by atoms with van der Waals surface area (Å²) in [6.07, 6.45) is 3.73. The quantitative estimate of drug-likeness (QED) is 0.286. The number of aliphatic hydroxyl groups is 2. The molecule has 0 bridgehead atoms. The molecule has 194 valence electrons. The van der Waals surface area contributed by atoms with E-state index < -0.39 is 53.1 Å². The van der Waals surface area contributed by atoms with Gasteiger partial charge in [0, 0.05) is 17.8 Å². The molecule has 0 saturated heterocycles. The number of hydrogen-bond acceptors (Lipinski definition) is 5. The van der Waals surface area contributed by atoms with Crippen LogP contribution in [0.3, 0.4) is 0 Å². The summed E-state index contributed by atoms with van der Waals surface area (Å²) in [6, 6.07) is 11.3. The van der Waals surface area contributed by atoms with Gasteiger partial charge in [0.05, 0.1) is 18.7 Å². The van der Waals surface area contributed by atoms with Gasteiger partial charge in [-0.3, -0.25) is 14.4 Å². The Morgan fingerprint density at radius 1 is 1.08 bits per heavy atom. The average molecular weight is 511 g/mol. The van der Waals surface area contributed by atoms with E-state index in [0.717, 1.165) is 18.1 Å². The van der Waals surface area contributed by atoms with Gasteiger partial charge < -0.3 is 20.4 Å². The van der Waals surface area contributed by atoms with Crippen molar-refractivity contribution in [3.05, 3.63) is 94.9 Å². The van der Waals surface area contributed by atoms with Crippen LogP contribution in [0.4, 0.5) is 8.78 Å². The highest BCUT2D eigenvalue weighted by molar-refractivity contribution is 6.10. The number of rotatable bonds is 8. The van der Waals surface area contributed by atoms with E-state index in [4.69, 9.17) is 0 Å². The number of benzene rings is 2. The lowest BCUT2D eigenvalue weighted by Crippen LogP contribution is -2.41. The number of nitrogens with zero attached hydrogens (tertiary/aromatic N) is 1. The number of amides is 2. The second-order valence-corrected chi connectivity index (χ2v) is 9.42. The molecule has 1 unspecified atom stereocenters. The Morgan fingerprint density at radius 3 is 2.49 bits per heavy atom. The van der Waals surface area contributed by atoms with Crippen molar-refractivity contribution in [2.45, 2.75) is 50.8 Å². The fraction of sp³-hybridized carbons (Fsp3) is 0.321. The van der Waals surface area contributed by atoms with Crippen LogP contribution in [0.5, 0.6) is 0 Å². The summed E-state index contributed by atoms with van der Waals surface area (Å²) in [5.41, 5.74) is 1.69. The van der Waals surface area contributed by atoms with Crippen molar-refractivity contribution in [2.24, 2.45) is 5.92 Å². The molecule has 0 spiro atoms. The average Bonchev–Trinajstić information content (AvgIpc) is 3.27. The van der Waals surface area contributed by atoms with Gasteiger partial charge in [-0.05, 0) is 61.4 Å². The van der Waals surface area contributed by atoms with Gasteiger partial charge in [0.25, 0.3) is 5.91 Å². The van der Waals surface area contributed by atoms with Crippen LogP contribution in [0, 0.1) is 17.6 Å². The molecule has 2 aliphatic rings. The van der Waals surface area contributed by atoms with Crippen LogP contribution in [-0.4, -0.2) is 44.9 Å². The molecule has 4 rings (SSSR count). The van der Waals surface area contributed by atoms with Crippen molar-refractivity contribution < 1.29 is 33.4 Å². The molecule has 1 saturated carbocycles. The molecule has 1 aliphatic heterocycles. The molecule has 1 fully saturated rings. The Balaban J connectivity index is 1.55. The molecule has 1 aliphatic carbocycles. The Kier molecular flexibility index (Phi) is 8.13. The zero-order valence-electron chi connectivity index (χ0n) is 20.1.